The molecule has 1 unspecified atom stereocenters. The van der Waals surface area contributed by atoms with Crippen LogP contribution >= 0.6 is 0 Å². The van der Waals surface area contributed by atoms with Crippen LogP contribution < -0.4 is 5.32 Å². The van der Waals surface area contributed by atoms with Crippen LogP contribution in [0.3, 0.4) is 0 Å². The maximum Gasteiger partial charge on any atom is 0.0697 e. The summed E-state index contributed by atoms with van der Waals surface area (Å²) in [5.74, 6) is 0. The van der Waals surface area contributed by atoms with Crippen molar-refractivity contribution in [3.05, 3.63) is 0 Å². The van der Waals surface area contributed by atoms with E-state index >= 15 is 0 Å². The van der Waals surface area contributed by atoms with Gasteiger partial charge in [-0.15, -0.1) is 0 Å². The van der Waals surface area contributed by atoms with E-state index in [2.05, 4.69) is 26.1 Å². The van der Waals surface area contributed by atoms with Gasteiger partial charge in [0.2, 0.25) is 0 Å². The Kier molecular flexibility index (Phi) is 6.55. The largest absolute Gasteiger partial charge is 0.375 e. The van der Waals surface area contributed by atoms with E-state index in [1.54, 1.807) is 0 Å². The Morgan fingerprint density at radius 2 is 1.90 bits per heavy atom. The van der Waals surface area contributed by atoms with Gasteiger partial charge in [0.25, 0.3) is 0 Å². The molecule has 2 nitrogen and oxygen atoms in total. The zero-order chi connectivity index (χ0) is 15.2. The molecule has 1 spiro atoms. The molecule has 124 valence electrons. The number of unbranched alkanes of at least 4 members (excludes halogenated alkanes) is 2. The molecular weight excluding hydrogens is 258 g/mol. The van der Waals surface area contributed by atoms with Crippen LogP contribution in [0.4, 0.5) is 0 Å². The zero-order valence-electron chi connectivity index (χ0n) is 14.7. The first kappa shape index (κ1) is 17.3. The fraction of sp³-hybridized carbons (Fsp3) is 1.00. The predicted molar refractivity (Wildman–Crippen MR) is 90.7 cm³/mol. The smallest absolute Gasteiger partial charge is 0.0697 e. The topological polar surface area (TPSA) is 21.3 Å². The van der Waals surface area contributed by atoms with Crippen LogP contribution in [0.25, 0.3) is 0 Å². The van der Waals surface area contributed by atoms with Gasteiger partial charge in [-0.2, -0.15) is 0 Å². The van der Waals surface area contributed by atoms with Crippen molar-refractivity contribution in [2.75, 3.05) is 13.2 Å². The fourth-order valence-electron chi connectivity index (χ4n) is 4.11. The van der Waals surface area contributed by atoms with Gasteiger partial charge in [-0.25, -0.2) is 0 Å². The van der Waals surface area contributed by atoms with E-state index in [9.17, 15) is 0 Å². The minimum absolute atomic E-state index is 0.237. The summed E-state index contributed by atoms with van der Waals surface area (Å²) in [4.78, 5) is 0. The highest BCUT2D eigenvalue weighted by molar-refractivity contribution is 4.92. The van der Waals surface area contributed by atoms with Crippen molar-refractivity contribution in [2.24, 2.45) is 5.41 Å². The Balaban J connectivity index is 1.74. The summed E-state index contributed by atoms with van der Waals surface area (Å²) in [6, 6.07) is 0.683. The minimum Gasteiger partial charge on any atom is -0.375 e. The maximum absolute atomic E-state index is 6.21. The van der Waals surface area contributed by atoms with Crippen molar-refractivity contribution in [3.8, 4) is 0 Å². The Bertz CT molecular complexity index is 288. The molecule has 2 aliphatic rings. The second kappa shape index (κ2) is 7.97. The van der Waals surface area contributed by atoms with E-state index in [1.807, 2.05) is 0 Å². The third-order valence-electron chi connectivity index (χ3n) is 5.58. The quantitative estimate of drug-likeness (QED) is 0.662. The SMILES string of the molecule is CCCCCC(C)(C)CNC1CCOC2(CCCCC2)C1. The van der Waals surface area contributed by atoms with Crippen LogP contribution in [0, 0.1) is 5.41 Å². The lowest BCUT2D eigenvalue weighted by atomic mass is 9.78. The molecule has 21 heavy (non-hydrogen) atoms. The minimum atomic E-state index is 0.237. The molecule has 0 bridgehead atoms. The molecule has 1 saturated heterocycles. The molecule has 1 atom stereocenters. The molecule has 0 aromatic rings. The van der Waals surface area contributed by atoms with Crippen LogP contribution in [-0.4, -0.2) is 24.8 Å². The molecule has 2 fully saturated rings. The van der Waals surface area contributed by atoms with E-state index < -0.39 is 0 Å². The molecule has 1 N–H and O–H groups in total. The van der Waals surface area contributed by atoms with E-state index in [0.717, 1.165) is 13.2 Å². The third kappa shape index (κ3) is 5.56. The first-order chi connectivity index (χ1) is 10.1. The van der Waals surface area contributed by atoms with E-state index in [1.165, 1.54) is 70.6 Å². The molecular formula is C19H37NO. The number of hydrogen-bond acceptors (Lipinski definition) is 2. The van der Waals surface area contributed by atoms with Gasteiger partial charge in [-0.1, -0.05) is 59.3 Å². The average molecular weight is 296 g/mol. The molecule has 1 heterocycles. The van der Waals surface area contributed by atoms with Gasteiger partial charge >= 0.3 is 0 Å². The van der Waals surface area contributed by atoms with Crippen molar-refractivity contribution in [3.63, 3.8) is 0 Å². The number of ether oxygens (including phenoxy) is 1. The van der Waals surface area contributed by atoms with Gasteiger partial charge in [0, 0.05) is 19.2 Å². The van der Waals surface area contributed by atoms with Gasteiger partial charge in [0.1, 0.15) is 0 Å². The molecule has 2 heteroatoms. The molecule has 2 rings (SSSR count). The van der Waals surface area contributed by atoms with Crippen molar-refractivity contribution < 1.29 is 4.74 Å². The van der Waals surface area contributed by atoms with Gasteiger partial charge in [0.15, 0.2) is 0 Å². The Morgan fingerprint density at radius 3 is 2.62 bits per heavy atom. The first-order valence-corrected chi connectivity index (χ1v) is 9.43. The van der Waals surface area contributed by atoms with Gasteiger partial charge < -0.3 is 10.1 Å². The first-order valence-electron chi connectivity index (χ1n) is 9.43. The van der Waals surface area contributed by atoms with Gasteiger partial charge in [-0.05, 0) is 37.5 Å². The molecule has 1 aliphatic heterocycles. The maximum atomic E-state index is 6.21. The summed E-state index contributed by atoms with van der Waals surface area (Å²) < 4.78 is 6.21. The number of rotatable bonds is 7. The van der Waals surface area contributed by atoms with E-state index in [4.69, 9.17) is 4.74 Å². The summed E-state index contributed by atoms with van der Waals surface area (Å²) in [6.07, 6.45) is 14.6. The lowest BCUT2D eigenvalue weighted by Gasteiger charge is -2.44. The summed E-state index contributed by atoms with van der Waals surface area (Å²) in [7, 11) is 0. The zero-order valence-corrected chi connectivity index (χ0v) is 14.7. The highest BCUT2D eigenvalue weighted by Gasteiger charge is 2.38. The number of hydrogen-bond donors (Lipinski definition) is 1. The van der Waals surface area contributed by atoms with Crippen LogP contribution in [0.5, 0.6) is 0 Å². The Labute approximate surface area is 132 Å². The average Bonchev–Trinajstić information content (AvgIpc) is 2.46. The Hall–Kier alpha value is -0.0800. The van der Waals surface area contributed by atoms with Crippen molar-refractivity contribution in [1.29, 1.82) is 0 Å². The number of nitrogens with one attached hydrogen (secondary N) is 1. The van der Waals surface area contributed by atoms with Gasteiger partial charge in [-0.3, -0.25) is 0 Å². The molecule has 0 radical (unpaired) electrons. The summed E-state index contributed by atoms with van der Waals surface area (Å²) >= 11 is 0. The second-order valence-corrected chi connectivity index (χ2v) is 8.28. The standard InChI is InChI=1S/C19H37NO/c1-4-5-7-11-18(2,3)16-20-17-10-14-21-19(15-17)12-8-6-9-13-19/h17,20H,4-16H2,1-3H3. The van der Waals surface area contributed by atoms with Crippen LogP contribution in [0.15, 0.2) is 0 Å². The van der Waals surface area contributed by atoms with E-state index in [0.29, 0.717) is 11.5 Å². The highest BCUT2D eigenvalue weighted by atomic mass is 16.5. The van der Waals surface area contributed by atoms with Crippen molar-refractivity contribution in [2.45, 2.75) is 103 Å². The lowest BCUT2D eigenvalue weighted by molar-refractivity contribution is -0.109. The molecule has 1 saturated carbocycles. The summed E-state index contributed by atoms with van der Waals surface area (Å²) in [5, 5.41) is 3.88. The Morgan fingerprint density at radius 1 is 1.14 bits per heavy atom. The second-order valence-electron chi connectivity index (χ2n) is 8.28. The third-order valence-corrected chi connectivity index (χ3v) is 5.58. The molecule has 0 amide bonds. The monoisotopic (exact) mass is 295 g/mol. The van der Waals surface area contributed by atoms with E-state index in [-0.39, 0.29) is 5.60 Å². The molecule has 1 aliphatic carbocycles. The highest BCUT2D eigenvalue weighted by Crippen LogP contribution is 2.38. The van der Waals surface area contributed by atoms with Crippen LogP contribution in [0.2, 0.25) is 0 Å². The molecule has 0 aromatic heterocycles. The summed E-state index contributed by atoms with van der Waals surface area (Å²) in [6.45, 7) is 9.26. The van der Waals surface area contributed by atoms with Crippen LogP contribution in [-0.2, 0) is 4.74 Å². The molecule has 0 aromatic carbocycles. The van der Waals surface area contributed by atoms with Crippen molar-refractivity contribution in [1.82, 2.24) is 5.32 Å². The van der Waals surface area contributed by atoms with Crippen LogP contribution in [0.1, 0.15) is 91.4 Å². The lowest BCUT2D eigenvalue weighted by Crippen LogP contribution is -2.49. The normalized spacial score (nSPS) is 26.1. The summed E-state index contributed by atoms with van der Waals surface area (Å²) in [5.41, 5.74) is 0.674. The predicted octanol–water partition coefficient (Wildman–Crippen LogP) is 5.06. The fourth-order valence-corrected chi connectivity index (χ4v) is 4.11. The van der Waals surface area contributed by atoms with Gasteiger partial charge in [0.05, 0.1) is 5.60 Å². The van der Waals surface area contributed by atoms with Crippen molar-refractivity contribution >= 4 is 0 Å².